The molecule has 1 aliphatic carbocycles. The topological polar surface area (TPSA) is 46.6 Å². The third kappa shape index (κ3) is 2.21. The molecule has 0 aromatic rings. The molecular formula is C12H18BrNO3. The van der Waals surface area contributed by atoms with E-state index in [9.17, 15) is 9.59 Å². The summed E-state index contributed by atoms with van der Waals surface area (Å²) in [5.74, 6) is 0.208. The van der Waals surface area contributed by atoms with Crippen LogP contribution in [-0.4, -0.2) is 40.3 Å². The molecule has 0 aromatic heterocycles. The minimum Gasteiger partial charge on any atom is -0.444 e. The second-order valence-electron chi connectivity index (χ2n) is 6.01. The predicted molar refractivity (Wildman–Crippen MR) is 67.2 cm³/mol. The Morgan fingerprint density at radius 2 is 2.00 bits per heavy atom. The van der Waals surface area contributed by atoms with Crippen molar-refractivity contribution in [2.24, 2.45) is 5.41 Å². The average Bonchev–Trinajstić information content (AvgIpc) is 2.68. The van der Waals surface area contributed by atoms with E-state index in [2.05, 4.69) is 15.9 Å². The fourth-order valence-electron chi connectivity index (χ4n) is 2.64. The number of carbonyl (C=O) groups excluding carboxylic acids is 2. The molecule has 2 saturated heterocycles. The van der Waals surface area contributed by atoms with Gasteiger partial charge in [-0.2, -0.15) is 0 Å². The molecule has 3 rings (SSSR count). The van der Waals surface area contributed by atoms with Crippen LogP contribution in [0.3, 0.4) is 0 Å². The number of carbonyl (C=O) groups is 2. The number of nitrogens with zero attached hydrogens (tertiary/aromatic N) is 1. The number of ketones is 1. The minimum absolute atomic E-state index is 0.202. The average molecular weight is 304 g/mol. The molecule has 0 atom stereocenters. The van der Waals surface area contributed by atoms with Crippen LogP contribution < -0.4 is 0 Å². The molecule has 3 fully saturated rings. The monoisotopic (exact) mass is 303 g/mol. The van der Waals surface area contributed by atoms with E-state index in [4.69, 9.17) is 4.74 Å². The maximum atomic E-state index is 11.9. The number of halogens is 1. The Balaban J connectivity index is 2.00. The molecule has 96 valence electrons. The summed E-state index contributed by atoms with van der Waals surface area (Å²) in [6.45, 7) is 6.08. The van der Waals surface area contributed by atoms with Crippen molar-refractivity contribution >= 4 is 27.8 Å². The summed E-state index contributed by atoms with van der Waals surface area (Å²) < 4.78 is 5.34. The predicted octanol–water partition coefficient (Wildman–Crippen LogP) is 2.35. The SMILES string of the molecule is CC(C)(C)OC(=O)N1CC2(C(=O)CBr)CC1C2. The molecule has 3 aliphatic rings. The molecule has 2 aliphatic heterocycles. The van der Waals surface area contributed by atoms with Gasteiger partial charge in [0.25, 0.3) is 0 Å². The first-order chi connectivity index (χ1) is 7.77. The van der Waals surface area contributed by atoms with Gasteiger partial charge < -0.3 is 9.64 Å². The maximum Gasteiger partial charge on any atom is 0.410 e. The van der Waals surface area contributed by atoms with Crippen LogP contribution in [0.5, 0.6) is 0 Å². The molecule has 2 heterocycles. The van der Waals surface area contributed by atoms with E-state index in [0.29, 0.717) is 11.9 Å². The summed E-state index contributed by atoms with van der Waals surface area (Å²) >= 11 is 3.21. The first-order valence-corrected chi connectivity index (χ1v) is 6.98. The fraction of sp³-hybridized carbons (Fsp3) is 0.833. The minimum atomic E-state index is -0.476. The molecule has 1 amide bonds. The molecule has 2 bridgehead atoms. The lowest BCUT2D eigenvalue weighted by molar-refractivity contribution is -0.127. The highest BCUT2D eigenvalue weighted by atomic mass is 79.9. The number of hydrogen-bond donors (Lipinski definition) is 0. The van der Waals surface area contributed by atoms with E-state index < -0.39 is 5.60 Å². The highest BCUT2D eigenvalue weighted by molar-refractivity contribution is 9.09. The molecule has 0 aromatic carbocycles. The molecule has 0 radical (unpaired) electrons. The Kier molecular flexibility index (Phi) is 3.00. The lowest BCUT2D eigenvalue weighted by atomic mass is 9.68. The van der Waals surface area contributed by atoms with Gasteiger partial charge >= 0.3 is 6.09 Å². The standard InChI is InChI=1S/C12H18BrNO3/c1-11(2,3)17-10(16)14-7-12(9(15)6-13)4-8(14)5-12/h8H,4-7H2,1-3H3. The zero-order valence-electron chi connectivity index (χ0n) is 10.5. The number of hydrogen-bond acceptors (Lipinski definition) is 3. The fourth-order valence-corrected chi connectivity index (χ4v) is 3.23. The molecule has 0 spiro atoms. The smallest absolute Gasteiger partial charge is 0.410 e. The van der Waals surface area contributed by atoms with Crippen molar-refractivity contribution in [3.63, 3.8) is 0 Å². The lowest BCUT2D eigenvalue weighted by Gasteiger charge is -2.35. The van der Waals surface area contributed by atoms with Crippen LogP contribution >= 0.6 is 15.9 Å². The van der Waals surface area contributed by atoms with Crippen LogP contribution in [0.4, 0.5) is 4.79 Å². The van der Waals surface area contributed by atoms with E-state index in [1.165, 1.54) is 0 Å². The number of alkyl halides is 1. The Morgan fingerprint density at radius 3 is 2.47 bits per heavy atom. The summed E-state index contributed by atoms with van der Waals surface area (Å²) in [7, 11) is 0. The zero-order chi connectivity index (χ0) is 12.8. The van der Waals surface area contributed by atoms with E-state index in [1.807, 2.05) is 20.8 Å². The summed E-state index contributed by atoms with van der Waals surface area (Å²) in [4.78, 5) is 25.4. The molecular weight excluding hydrogens is 286 g/mol. The number of Topliss-reactive ketones (excluding diaryl/α,β-unsaturated/α-hetero) is 1. The van der Waals surface area contributed by atoms with Crippen LogP contribution in [0.2, 0.25) is 0 Å². The van der Waals surface area contributed by atoms with Crippen LogP contribution in [0.15, 0.2) is 0 Å². The van der Waals surface area contributed by atoms with Gasteiger partial charge in [-0.15, -0.1) is 0 Å². The third-order valence-electron chi connectivity index (χ3n) is 3.51. The first-order valence-electron chi connectivity index (χ1n) is 5.86. The van der Waals surface area contributed by atoms with Crippen molar-refractivity contribution in [1.82, 2.24) is 4.90 Å². The van der Waals surface area contributed by atoms with Gasteiger partial charge in [-0.1, -0.05) is 15.9 Å². The van der Waals surface area contributed by atoms with E-state index in [1.54, 1.807) is 4.90 Å². The Labute approximate surface area is 110 Å². The van der Waals surface area contributed by atoms with Crippen molar-refractivity contribution in [2.75, 3.05) is 11.9 Å². The van der Waals surface area contributed by atoms with Gasteiger partial charge in [-0.3, -0.25) is 4.79 Å². The Morgan fingerprint density at radius 1 is 1.41 bits per heavy atom. The van der Waals surface area contributed by atoms with Gasteiger partial charge in [-0.25, -0.2) is 4.79 Å². The highest BCUT2D eigenvalue weighted by Gasteiger charge is 2.60. The molecule has 17 heavy (non-hydrogen) atoms. The van der Waals surface area contributed by atoms with Crippen molar-refractivity contribution in [3.8, 4) is 0 Å². The number of amides is 1. The zero-order valence-corrected chi connectivity index (χ0v) is 12.0. The first kappa shape index (κ1) is 12.9. The van der Waals surface area contributed by atoms with Crippen LogP contribution in [0, 0.1) is 5.41 Å². The Hall–Kier alpha value is -0.580. The molecule has 1 saturated carbocycles. The quantitative estimate of drug-likeness (QED) is 0.736. The number of ether oxygens (including phenoxy) is 1. The lowest BCUT2D eigenvalue weighted by Crippen LogP contribution is -2.42. The van der Waals surface area contributed by atoms with E-state index in [-0.39, 0.29) is 23.3 Å². The number of rotatable bonds is 2. The normalized spacial score (nSPS) is 31.1. The van der Waals surface area contributed by atoms with Gasteiger partial charge in [0.1, 0.15) is 5.60 Å². The number of fused-ring (bicyclic) bond motifs is 1. The van der Waals surface area contributed by atoms with E-state index in [0.717, 1.165) is 12.8 Å². The second kappa shape index (κ2) is 3.97. The summed E-state index contributed by atoms with van der Waals surface area (Å²) in [6.07, 6.45) is 1.32. The van der Waals surface area contributed by atoms with Crippen LogP contribution in [0.25, 0.3) is 0 Å². The molecule has 0 unspecified atom stereocenters. The van der Waals surface area contributed by atoms with Gasteiger partial charge in [0.2, 0.25) is 0 Å². The van der Waals surface area contributed by atoms with E-state index >= 15 is 0 Å². The van der Waals surface area contributed by atoms with Crippen molar-refractivity contribution < 1.29 is 14.3 Å². The van der Waals surface area contributed by atoms with Crippen molar-refractivity contribution in [2.45, 2.75) is 45.3 Å². The van der Waals surface area contributed by atoms with Gasteiger partial charge in [0, 0.05) is 12.6 Å². The van der Waals surface area contributed by atoms with Crippen molar-refractivity contribution in [1.29, 1.82) is 0 Å². The van der Waals surface area contributed by atoms with Gasteiger partial charge in [0.15, 0.2) is 5.78 Å². The summed E-state index contributed by atoms with van der Waals surface area (Å²) in [5.41, 5.74) is -0.762. The van der Waals surface area contributed by atoms with Crippen LogP contribution in [-0.2, 0) is 9.53 Å². The molecule has 5 heteroatoms. The molecule has 4 nitrogen and oxygen atoms in total. The van der Waals surface area contributed by atoms with Crippen molar-refractivity contribution in [3.05, 3.63) is 0 Å². The largest absolute Gasteiger partial charge is 0.444 e. The Bertz CT molecular complexity index is 355. The third-order valence-corrected chi connectivity index (χ3v) is 4.02. The van der Waals surface area contributed by atoms with Gasteiger partial charge in [-0.05, 0) is 33.6 Å². The summed E-state index contributed by atoms with van der Waals surface area (Å²) in [6, 6.07) is 0.202. The maximum absolute atomic E-state index is 11.9. The van der Waals surface area contributed by atoms with Gasteiger partial charge in [0.05, 0.1) is 10.7 Å². The van der Waals surface area contributed by atoms with Crippen LogP contribution in [0.1, 0.15) is 33.6 Å². The highest BCUT2D eigenvalue weighted by Crippen LogP contribution is 2.52. The summed E-state index contributed by atoms with van der Waals surface area (Å²) in [5, 5.41) is 0.377. The second-order valence-corrected chi connectivity index (χ2v) is 6.57. The molecule has 0 N–H and O–H groups in total.